The van der Waals surface area contributed by atoms with E-state index in [9.17, 15) is 17.6 Å². The number of nitrogens with zero attached hydrogens (tertiary/aromatic N) is 1. The van der Waals surface area contributed by atoms with Crippen LogP contribution in [0.5, 0.6) is 5.75 Å². The number of methoxy groups -OCH3 is 1. The second kappa shape index (κ2) is 7.43. The van der Waals surface area contributed by atoms with Crippen molar-refractivity contribution in [2.75, 3.05) is 19.0 Å². The summed E-state index contributed by atoms with van der Waals surface area (Å²) in [6.45, 7) is 0.250. The van der Waals surface area contributed by atoms with Gasteiger partial charge in [0.05, 0.1) is 12.0 Å². The van der Waals surface area contributed by atoms with Gasteiger partial charge >= 0.3 is 0 Å². The lowest BCUT2D eigenvalue weighted by molar-refractivity contribution is -0.119. The Hall–Kier alpha value is -2.45. The first-order valence-electron chi connectivity index (χ1n) is 8.14. The van der Waals surface area contributed by atoms with Crippen LogP contribution in [0, 0.1) is 5.82 Å². The Morgan fingerprint density at radius 3 is 2.42 bits per heavy atom. The molecule has 1 aliphatic rings. The Kier molecular flexibility index (Phi) is 5.24. The van der Waals surface area contributed by atoms with E-state index in [-0.39, 0.29) is 11.4 Å². The van der Waals surface area contributed by atoms with Crippen LogP contribution in [0.1, 0.15) is 12.8 Å². The van der Waals surface area contributed by atoms with Crippen molar-refractivity contribution < 1.29 is 22.3 Å². The molecule has 1 atom stereocenters. The average Bonchev–Trinajstić information content (AvgIpc) is 3.13. The van der Waals surface area contributed by atoms with Crippen molar-refractivity contribution in [3.05, 3.63) is 54.3 Å². The van der Waals surface area contributed by atoms with E-state index in [4.69, 9.17) is 4.74 Å². The number of carbonyl (C=O) groups excluding carboxylic acids is 1. The summed E-state index contributed by atoms with van der Waals surface area (Å²) in [6, 6.07) is 10.6. The van der Waals surface area contributed by atoms with Crippen LogP contribution < -0.4 is 10.1 Å². The molecule has 1 aliphatic heterocycles. The maximum Gasteiger partial charge on any atom is 0.243 e. The number of halogens is 1. The first-order chi connectivity index (χ1) is 12.4. The zero-order valence-corrected chi connectivity index (χ0v) is 15.0. The van der Waals surface area contributed by atoms with E-state index in [1.54, 1.807) is 31.4 Å². The normalized spacial score (nSPS) is 17.8. The second-order valence-corrected chi connectivity index (χ2v) is 7.84. The molecule has 1 fully saturated rings. The van der Waals surface area contributed by atoms with Crippen LogP contribution in [0.25, 0.3) is 0 Å². The van der Waals surface area contributed by atoms with Crippen LogP contribution >= 0.6 is 0 Å². The number of sulfonamides is 1. The topological polar surface area (TPSA) is 75.7 Å². The van der Waals surface area contributed by atoms with Crippen LogP contribution in [0.3, 0.4) is 0 Å². The fourth-order valence-corrected chi connectivity index (χ4v) is 4.59. The van der Waals surface area contributed by atoms with Gasteiger partial charge in [-0.1, -0.05) is 0 Å². The van der Waals surface area contributed by atoms with Gasteiger partial charge in [0, 0.05) is 12.2 Å². The van der Waals surface area contributed by atoms with Gasteiger partial charge in [-0.25, -0.2) is 12.8 Å². The van der Waals surface area contributed by atoms with Gasteiger partial charge in [0.25, 0.3) is 0 Å². The molecule has 2 aromatic rings. The Morgan fingerprint density at radius 2 is 1.81 bits per heavy atom. The predicted octanol–water partition coefficient (Wildman–Crippen LogP) is 2.63. The molecular formula is C18H19FN2O4S. The molecule has 6 nitrogen and oxygen atoms in total. The molecule has 2 aromatic carbocycles. The summed E-state index contributed by atoms with van der Waals surface area (Å²) in [5.41, 5.74) is 0.557. The van der Waals surface area contributed by atoms with Gasteiger partial charge in [-0.05, 0) is 61.4 Å². The largest absolute Gasteiger partial charge is 0.497 e. The number of rotatable bonds is 5. The molecule has 1 saturated heterocycles. The van der Waals surface area contributed by atoms with E-state index in [0.29, 0.717) is 24.3 Å². The van der Waals surface area contributed by atoms with Crippen LogP contribution in [-0.2, 0) is 14.8 Å². The minimum Gasteiger partial charge on any atom is -0.497 e. The summed E-state index contributed by atoms with van der Waals surface area (Å²) in [5.74, 6) is -0.248. The highest BCUT2D eigenvalue weighted by molar-refractivity contribution is 7.89. The smallest absolute Gasteiger partial charge is 0.243 e. The van der Waals surface area contributed by atoms with Gasteiger partial charge in [-0.3, -0.25) is 4.79 Å². The van der Waals surface area contributed by atoms with Crippen molar-refractivity contribution in [3.8, 4) is 5.75 Å². The SMILES string of the molecule is COc1ccc(NC(=O)[C@H]2CCCN2S(=O)(=O)c2ccc(F)cc2)cc1. The molecule has 0 spiro atoms. The molecule has 0 bridgehead atoms. The van der Waals surface area contributed by atoms with Crippen LogP contribution in [0.15, 0.2) is 53.4 Å². The summed E-state index contributed by atoms with van der Waals surface area (Å²) in [4.78, 5) is 12.6. The fourth-order valence-electron chi connectivity index (χ4n) is 2.93. The highest BCUT2D eigenvalue weighted by Gasteiger charge is 2.39. The van der Waals surface area contributed by atoms with Crippen molar-refractivity contribution in [3.63, 3.8) is 0 Å². The van der Waals surface area contributed by atoms with Gasteiger partial charge in [0.15, 0.2) is 0 Å². The third-order valence-electron chi connectivity index (χ3n) is 4.28. The van der Waals surface area contributed by atoms with Gasteiger partial charge in [0.2, 0.25) is 15.9 Å². The molecule has 0 saturated carbocycles. The van der Waals surface area contributed by atoms with Crippen molar-refractivity contribution in [1.29, 1.82) is 0 Å². The Balaban J connectivity index is 1.78. The number of ether oxygens (including phenoxy) is 1. The number of carbonyl (C=O) groups is 1. The molecule has 1 N–H and O–H groups in total. The molecule has 8 heteroatoms. The zero-order valence-electron chi connectivity index (χ0n) is 14.2. The van der Waals surface area contributed by atoms with Gasteiger partial charge in [-0.15, -0.1) is 0 Å². The highest BCUT2D eigenvalue weighted by atomic mass is 32.2. The number of benzene rings is 2. The van der Waals surface area contributed by atoms with Gasteiger partial charge in [-0.2, -0.15) is 4.31 Å². The third-order valence-corrected chi connectivity index (χ3v) is 6.21. The minimum absolute atomic E-state index is 0.0250. The lowest BCUT2D eigenvalue weighted by Gasteiger charge is -2.23. The van der Waals surface area contributed by atoms with E-state index in [0.717, 1.165) is 12.1 Å². The van der Waals surface area contributed by atoms with Crippen LogP contribution in [0.4, 0.5) is 10.1 Å². The molecule has 0 aliphatic carbocycles. The molecule has 0 unspecified atom stereocenters. The summed E-state index contributed by atoms with van der Waals surface area (Å²) in [7, 11) is -2.32. The lowest BCUT2D eigenvalue weighted by Crippen LogP contribution is -2.43. The number of anilines is 1. The molecule has 1 heterocycles. The first kappa shape index (κ1) is 18.3. The molecule has 0 aromatic heterocycles. The molecule has 3 rings (SSSR count). The van der Waals surface area contributed by atoms with E-state index >= 15 is 0 Å². The summed E-state index contributed by atoms with van der Waals surface area (Å²) in [5, 5.41) is 2.74. The zero-order chi connectivity index (χ0) is 18.7. The first-order valence-corrected chi connectivity index (χ1v) is 9.58. The average molecular weight is 378 g/mol. The Labute approximate surface area is 151 Å². The van der Waals surface area contributed by atoms with Crippen molar-refractivity contribution in [2.24, 2.45) is 0 Å². The predicted molar refractivity (Wildman–Crippen MR) is 94.9 cm³/mol. The fraction of sp³-hybridized carbons (Fsp3) is 0.278. The summed E-state index contributed by atoms with van der Waals surface area (Å²) in [6.07, 6.45) is 1.02. The van der Waals surface area contributed by atoms with E-state index in [1.165, 1.54) is 16.4 Å². The van der Waals surface area contributed by atoms with Crippen molar-refractivity contribution in [1.82, 2.24) is 4.31 Å². The number of nitrogens with one attached hydrogen (secondary N) is 1. The van der Waals surface area contributed by atoms with E-state index < -0.39 is 27.8 Å². The van der Waals surface area contributed by atoms with E-state index in [2.05, 4.69) is 5.32 Å². The van der Waals surface area contributed by atoms with Crippen molar-refractivity contribution in [2.45, 2.75) is 23.8 Å². The van der Waals surface area contributed by atoms with Crippen LogP contribution in [-0.4, -0.2) is 38.3 Å². The van der Waals surface area contributed by atoms with Crippen molar-refractivity contribution >= 4 is 21.6 Å². The maximum absolute atomic E-state index is 13.1. The Morgan fingerprint density at radius 1 is 1.15 bits per heavy atom. The maximum atomic E-state index is 13.1. The highest BCUT2D eigenvalue weighted by Crippen LogP contribution is 2.27. The number of hydrogen-bond acceptors (Lipinski definition) is 4. The molecule has 1 amide bonds. The summed E-state index contributed by atoms with van der Waals surface area (Å²) >= 11 is 0. The van der Waals surface area contributed by atoms with Crippen LogP contribution in [0.2, 0.25) is 0 Å². The molecule has 0 radical (unpaired) electrons. The number of amides is 1. The third kappa shape index (κ3) is 3.71. The molecule has 26 heavy (non-hydrogen) atoms. The molecule has 138 valence electrons. The van der Waals surface area contributed by atoms with Gasteiger partial charge in [0.1, 0.15) is 17.6 Å². The summed E-state index contributed by atoms with van der Waals surface area (Å²) < 4.78 is 44.9. The molecular weight excluding hydrogens is 359 g/mol. The second-order valence-electron chi connectivity index (χ2n) is 5.95. The lowest BCUT2D eigenvalue weighted by atomic mass is 10.2. The Bertz CT molecular complexity index is 882. The van der Waals surface area contributed by atoms with Gasteiger partial charge < -0.3 is 10.1 Å². The number of hydrogen-bond donors (Lipinski definition) is 1. The minimum atomic E-state index is -3.87. The monoisotopic (exact) mass is 378 g/mol. The standard InChI is InChI=1S/C18H19FN2O4S/c1-25-15-8-6-14(7-9-15)20-18(22)17-3-2-12-21(17)26(23,24)16-10-4-13(19)5-11-16/h4-11,17H,2-3,12H2,1H3,(H,20,22)/t17-/m1/s1. The van der Waals surface area contributed by atoms with E-state index in [1.807, 2.05) is 0 Å². The quantitative estimate of drug-likeness (QED) is 0.868.